The third kappa shape index (κ3) is 8.02. The van der Waals surface area contributed by atoms with Gasteiger partial charge in [0.05, 0.1) is 0 Å². The lowest BCUT2D eigenvalue weighted by Gasteiger charge is -2.10. The van der Waals surface area contributed by atoms with Crippen LogP contribution in [0.5, 0.6) is 0 Å². The molecule has 1 heterocycles. The highest BCUT2D eigenvalue weighted by atomic mass is 127. The van der Waals surface area contributed by atoms with Crippen molar-refractivity contribution in [2.24, 2.45) is 10.9 Å². The summed E-state index contributed by atoms with van der Waals surface area (Å²) in [6, 6.07) is 0. The summed E-state index contributed by atoms with van der Waals surface area (Å²) >= 11 is 0. The van der Waals surface area contributed by atoms with E-state index >= 15 is 0 Å². The van der Waals surface area contributed by atoms with E-state index in [1.807, 2.05) is 13.8 Å². The number of aliphatic imine (C=N–C) groups is 1. The highest BCUT2D eigenvalue weighted by molar-refractivity contribution is 14.0. The van der Waals surface area contributed by atoms with Gasteiger partial charge in [-0.25, -0.2) is 0 Å². The number of hydrogen-bond donors (Lipinski definition) is 2. The molecule has 0 unspecified atom stereocenters. The number of hydrogen-bond acceptors (Lipinski definition) is 4. The Morgan fingerprint density at radius 1 is 1.37 bits per heavy atom. The van der Waals surface area contributed by atoms with Crippen LogP contribution < -0.4 is 10.6 Å². The molecule has 0 amide bonds. The van der Waals surface area contributed by atoms with Crippen molar-refractivity contribution in [1.82, 2.24) is 20.8 Å². The maximum absolute atomic E-state index is 5.04. The Hall–Kier alpha value is -0.860. The lowest BCUT2D eigenvalue weighted by atomic mass is 10.2. The van der Waals surface area contributed by atoms with E-state index in [-0.39, 0.29) is 24.0 Å². The van der Waals surface area contributed by atoms with Crippen molar-refractivity contribution in [2.75, 3.05) is 19.6 Å². The van der Waals surface area contributed by atoms with Crippen LogP contribution in [0.15, 0.2) is 9.52 Å². The van der Waals surface area contributed by atoms with Gasteiger partial charge in [0.15, 0.2) is 11.8 Å². The van der Waals surface area contributed by atoms with Gasteiger partial charge in [0.1, 0.15) is 0 Å². The summed E-state index contributed by atoms with van der Waals surface area (Å²) in [5, 5.41) is 10.2. The maximum Gasteiger partial charge on any atom is 0.228 e. The quantitative estimate of drug-likeness (QED) is 0.446. The Labute approximate surface area is 131 Å². The molecule has 0 aromatic carbocycles. The molecule has 0 bridgehead atoms. The van der Waals surface area contributed by atoms with Crippen molar-refractivity contribution in [3.63, 3.8) is 0 Å². The first kappa shape index (κ1) is 18.1. The Morgan fingerprint density at radius 3 is 2.63 bits per heavy atom. The molecule has 0 aliphatic rings. The molecule has 19 heavy (non-hydrogen) atoms. The molecule has 110 valence electrons. The van der Waals surface area contributed by atoms with E-state index in [1.165, 1.54) is 0 Å². The second-order valence-corrected chi connectivity index (χ2v) is 4.53. The first-order valence-electron chi connectivity index (χ1n) is 6.43. The molecule has 1 rings (SSSR count). The van der Waals surface area contributed by atoms with Crippen LogP contribution in [0.2, 0.25) is 0 Å². The molecule has 2 N–H and O–H groups in total. The summed E-state index contributed by atoms with van der Waals surface area (Å²) in [4.78, 5) is 8.63. The fourth-order valence-electron chi connectivity index (χ4n) is 1.35. The van der Waals surface area contributed by atoms with Crippen LogP contribution in [-0.4, -0.2) is 35.7 Å². The highest BCUT2D eigenvalue weighted by Gasteiger charge is 2.03. The molecule has 0 spiro atoms. The van der Waals surface area contributed by atoms with E-state index in [0.29, 0.717) is 24.1 Å². The second-order valence-electron chi connectivity index (χ2n) is 4.53. The molecule has 7 heteroatoms. The Bertz CT molecular complexity index is 378. The second kappa shape index (κ2) is 9.99. The number of guanidine groups is 1. The zero-order valence-corrected chi connectivity index (χ0v) is 14.4. The van der Waals surface area contributed by atoms with Crippen molar-refractivity contribution >= 4 is 29.9 Å². The zero-order chi connectivity index (χ0) is 13.4. The van der Waals surface area contributed by atoms with E-state index in [4.69, 9.17) is 4.52 Å². The van der Waals surface area contributed by atoms with Gasteiger partial charge in [-0.15, -0.1) is 24.0 Å². The number of rotatable bonds is 6. The number of nitrogens with one attached hydrogen (secondary N) is 2. The van der Waals surface area contributed by atoms with Gasteiger partial charge in [0.2, 0.25) is 5.89 Å². The predicted octanol–water partition coefficient (Wildman–Crippen LogP) is 1.75. The molecule has 1 aromatic heterocycles. The first-order chi connectivity index (χ1) is 8.61. The molecule has 0 atom stereocenters. The van der Waals surface area contributed by atoms with Gasteiger partial charge < -0.3 is 15.2 Å². The minimum atomic E-state index is 0. The van der Waals surface area contributed by atoms with Crippen molar-refractivity contribution in [3.05, 3.63) is 11.7 Å². The Kier molecular flexibility index (Phi) is 9.54. The minimum Gasteiger partial charge on any atom is -0.357 e. The lowest BCUT2D eigenvalue weighted by molar-refractivity contribution is 0.374. The lowest BCUT2D eigenvalue weighted by Crippen LogP contribution is -2.38. The van der Waals surface area contributed by atoms with Crippen LogP contribution in [0.4, 0.5) is 0 Å². The third-order valence-electron chi connectivity index (χ3n) is 2.16. The van der Waals surface area contributed by atoms with Gasteiger partial charge in [-0.3, -0.25) is 4.99 Å². The zero-order valence-electron chi connectivity index (χ0n) is 12.1. The molecule has 0 saturated heterocycles. The van der Waals surface area contributed by atoms with Crippen LogP contribution in [0, 0.1) is 12.8 Å². The number of aryl methyl sites for hydroxylation is 1. The van der Waals surface area contributed by atoms with Gasteiger partial charge in [0, 0.05) is 26.1 Å². The van der Waals surface area contributed by atoms with Crippen molar-refractivity contribution < 1.29 is 4.52 Å². The SMILES string of the molecule is CCNC(=NCC(C)C)NCCc1nc(C)no1.I. The van der Waals surface area contributed by atoms with E-state index in [1.54, 1.807) is 0 Å². The summed E-state index contributed by atoms with van der Waals surface area (Å²) in [6.45, 7) is 10.6. The van der Waals surface area contributed by atoms with Crippen LogP contribution in [-0.2, 0) is 6.42 Å². The van der Waals surface area contributed by atoms with Gasteiger partial charge in [0.25, 0.3) is 0 Å². The Morgan fingerprint density at radius 2 is 2.11 bits per heavy atom. The fraction of sp³-hybridized carbons (Fsp3) is 0.750. The van der Waals surface area contributed by atoms with E-state index < -0.39 is 0 Å². The average Bonchev–Trinajstić information content (AvgIpc) is 2.72. The van der Waals surface area contributed by atoms with Crippen molar-refractivity contribution in [1.29, 1.82) is 0 Å². The molecule has 6 nitrogen and oxygen atoms in total. The van der Waals surface area contributed by atoms with Gasteiger partial charge in [-0.05, 0) is 19.8 Å². The summed E-state index contributed by atoms with van der Waals surface area (Å²) < 4.78 is 5.04. The smallest absolute Gasteiger partial charge is 0.228 e. The average molecular weight is 381 g/mol. The van der Waals surface area contributed by atoms with Gasteiger partial charge in [-0.2, -0.15) is 4.98 Å². The summed E-state index contributed by atoms with van der Waals surface area (Å²) in [7, 11) is 0. The van der Waals surface area contributed by atoms with Crippen LogP contribution in [0.1, 0.15) is 32.5 Å². The first-order valence-corrected chi connectivity index (χ1v) is 6.43. The molecular weight excluding hydrogens is 357 g/mol. The third-order valence-corrected chi connectivity index (χ3v) is 2.16. The van der Waals surface area contributed by atoms with Crippen LogP contribution in [0.25, 0.3) is 0 Å². The Balaban J connectivity index is 0.00000324. The normalized spacial score (nSPS) is 11.3. The van der Waals surface area contributed by atoms with E-state index in [0.717, 1.165) is 25.6 Å². The molecule has 0 saturated carbocycles. The number of nitrogens with zero attached hydrogens (tertiary/aromatic N) is 3. The molecule has 0 radical (unpaired) electrons. The predicted molar refractivity (Wildman–Crippen MR) is 87.0 cm³/mol. The van der Waals surface area contributed by atoms with Crippen LogP contribution >= 0.6 is 24.0 Å². The molecule has 1 aromatic rings. The summed E-state index contributed by atoms with van der Waals surface area (Å²) in [5.74, 6) is 2.71. The van der Waals surface area contributed by atoms with Gasteiger partial charge in [-0.1, -0.05) is 19.0 Å². The van der Waals surface area contributed by atoms with Gasteiger partial charge >= 0.3 is 0 Å². The van der Waals surface area contributed by atoms with E-state index in [9.17, 15) is 0 Å². The largest absolute Gasteiger partial charge is 0.357 e. The minimum absolute atomic E-state index is 0. The maximum atomic E-state index is 5.04. The van der Waals surface area contributed by atoms with Crippen LogP contribution in [0.3, 0.4) is 0 Å². The monoisotopic (exact) mass is 381 g/mol. The molecule has 0 aliphatic carbocycles. The molecular formula is C12H24IN5O. The molecule has 0 aliphatic heterocycles. The van der Waals surface area contributed by atoms with Crippen molar-refractivity contribution in [3.8, 4) is 0 Å². The number of halogens is 1. The summed E-state index contributed by atoms with van der Waals surface area (Å²) in [6.07, 6.45) is 0.701. The molecule has 0 fully saturated rings. The standard InChI is InChI=1S/C12H23N5O.HI/c1-5-13-12(15-8-9(2)3)14-7-6-11-16-10(4)17-18-11;/h9H,5-8H2,1-4H3,(H2,13,14,15);1H. The van der Waals surface area contributed by atoms with E-state index in [2.05, 4.69) is 39.6 Å². The summed E-state index contributed by atoms with van der Waals surface area (Å²) in [5.41, 5.74) is 0. The highest BCUT2D eigenvalue weighted by Crippen LogP contribution is 1.96. The topological polar surface area (TPSA) is 75.3 Å². The fourth-order valence-corrected chi connectivity index (χ4v) is 1.35. The van der Waals surface area contributed by atoms with Crippen molar-refractivity contribution in [2.45, 2.75) is 34.1 Å². The number of aromatic nitrogens is 2.